The zero-order chi connectivity index (χ0) is 5.70. The second-order valence-electron chi connectivity index (χ2n) is 1.04. The molecule has 0 spiro atoms. The molecule has 1 atom stereocenters. The molecule has 0 fully saturated rings. The molecule has 0 N–H and O–H groups in total. The quantitative estimate of drug-likeness (QED) is 0.281. The Hall–Kier alpha value is -0.970. The average molecular weight is 97.1 g/mol. The summed E-state index contributed by atoms with van der Waals surface area (Å²) in [6.45, 7) is 4.80. The fourth-order valence-corrected chi connectivity index (χ4v) is 0.142. The fraction of sp³-hybridized carbons (Fsp3) is 0.400. The second-order valence-corrected chi connectivity index (χ2v) is 1.04. The van der Waals surface area contributed by atoms with Crippen LogP contribution in [-0.2, 0) is 4.84 Å². The van der Waals surface area contributed by atoms with Crippen LogP contribution in [0.5, 0.6) is 0 Å². The number of nitrogens with zero attached hydrogens (tertiary/aromatic N) is 1. The first-order valence-electron chi connectivity index (χ1n) is 1.89. The molecule has 2 nitrogen and oxygen atoms in total. The van der Waals surface area contributed by atoms with Crippen LogP contribution in [0.25, 0.3) is 0 Å². The molecule has 7 heavy (non-hydrogen) atoms. The van der Waals surface area contributed by atoms with Gasteiger partial charge >= 0.3 is 0 Å². The lowest BCUT2D eigenvalue weighted by atomic mass is 10.4. The van der Waals surface area contributed by atoms with Gasteiger partial charge in [0.25, 0.3) is 0 Å². The van der Waals surface area contributed by atoms with Crippen LogP contribution in [0.2, 0.25) is 0 Å². The maximum absolute atomic E-state index is 4.90. The van der Waals surface area contributed by atoms with Gasteiger partial charge in [-0.2, -0.15) is 0 Å². The van der Waals surface area contributed by atoms with Crippen LogP contribution in [0.4, 0.5) is 0 Å². The van der Waals surface area contributed by atoms with Crippen LogP contribution in [0, 0.1) is 12.3 Å². The molecule has 0 aromatic rings. The summed E-state index contributed by atoms with van der Waals surface area (Å²) in [5, 5.41) is 3.11. The van der Waals surface area contributed by atoms with E-state index in [4.69, 9.17) is 6.42 Å². The summed E-state index contributed by atoms with van der Waals surface area (Å²) >= 11 is 0. The van der Waals surface area contributed by atoms with Gasteiger partial charge in [0.15, 0.2) is 6.10 Å². The normalized spacial score (nSPS) is 11.4. The van der Waals surface area contributed by atoms with Crippen molar-refractivity contribution in [1.82, 2.24) is 0 Å². The van der Waals surface area contributed by atoms with Crippen molar-refractivity contribution in [1.29, 1.82) is 0 Å². The lowest BCUT2D eigenvalue weighted by molar-refractivity contribution is 0.115. The minimum atomic E-state index is -0.252. The van der Waals surface area contributed by atoms with Crippen LogP contribution in [0.15, 0.2) is 5.16 Å². The monoisotopic (exact) mass is 97.1 g/mol. The van der Waals surface area contributed by atoms with E-state index in [1.165, 1.54) is 0 Å². The molecular weight excluding hydrogens is 90.1 g/mol. The van der Waals surface area contributed by atoms with E-state index in [0.717, 1.165) is 0 Å². The van der Waals surface area contributed by atoms with Gasteiger partial charge in [-0.15, -0.1) is 11.6 Å². The molecule has 2 heteroatoms. The molecule has 0 aliphatic heterocycles. The highest BCUT2D eigenvalue weighted by atomic mass is 16.6. The van der Waals surface area contributed by atoms with Gasteiger partial charge in [-0.25, -0.2) is 0 Å². The largest absolute Gasteiger partial charge is 0.380 e. The van der Waals surface area contributed by atoms with Gasteiger partial charge < -0.3 is 4.84 Å². The van der Waals surface area contributed by atoms with Crippen LogP contribution in [-0.4, -0.2) is 12.8 Å². The van der Waals surface area contributed by atoms with Gasteiger partial charge in [0, 0.05) is 6.72 Å². The van der Waals surface area contributed by atoms with E-state index in [9.17, 15) is 0 Å². The summed E-state index contributed by atoms with van der Waals surface area (Å²) in [5.74, 6) is 2.31. The molecule has 0 bridgehead atoms. The van der Waals surface area contributed by atoms with E-state index < -0.39 is 0 Å². The Kier molecular flexibility index (Phi) is 2.78. The van der Waals surface area contributed by atoms with Crippen molar-refractivity contribution in [3.8, 4) is 12.3 Å². The minimum Gasteiger partial charge on any atom is -0.380 e. The molecule has 0 radical (unpaired) electrons. The summed E-state index contributed by atoms with van der Waals surface area (Å²) in [5.41, 5.74) is 0. The molecule has 0 rings (SSSR count). The summed E-state index contributed by atoms with van der Waals surface area (Å²) in [6, 6.07) is 0. The van der Waals surface area contributed by atoms with E-state index in [1.54, 1.807) is 6.92 Å². The van der Waals surface area contributed by atoms with E-state index in [1.807, 2.05) is 0 Å². The molecule has 0 aromatic carbocycles. The number of rotatable bonds is 2. The van der Waals surface area contributed by atoms with Gasteiger partial charge in [-0.3, -0.25) is 0 Å². The van der Waals surface area contributed by atoms with Crippen molar-refractivity contribution < 1.29 is 4.84 Å². The smallest absolute Gasteiger partial charge is 0.184 e. The van der Waals surface area contributed by atoms with Gasteiger partial charge in [0.2, 0.25) is 0 Å². The van der Waals surface area contributed by atoms with E-state index in [-0.39, 0.29) is 6.10 Å². The molecule has 0 saturated heterocycles. The van der Waals surface area contributed by atoms with Crippen LogP contribution < -0.4 is 0 Å². The number of hydrogen-bond donors (Lipinski definition) is 0. The average Bonchev–Trinajstić information content (AvgIpc) is 1.68. The lowest BCUT2D eigenvalue weighted by Gasteiger charge is -1.96. The first-order valence-corrected chi connectivity index (χ1v) is 1.89. The van der Waals surface area contributed by atoms with Crippen molar-refractivity contribution in [3.05, 3.63) is 0 Å². The molecule has 0 unspecified atom stereocenters. The lowest BCUT2D eigenvalue weighted by Crippen LogP contribution is -1.97. The van der Waals surface area contributed by atoms with Crippen LogP contribution in [0.3, 0.4) is 0 Å². The van der Waals surface area contributed by atoms with Gasteiger partial charge in [-0.1, -0.05) is 5.92 Å². The summed E-state index contributed by atoms with van der Waals surface area (Å²) in [7, 11) is 0. The van der Waals surface area contributed by atoms with E-state index in [0.29, 0.717) is 0 Å². The molecule has 0 aliphatic rings. The van der Waals surface area contributed by atoms with Gasteiger partial charge in [0.1, 0.15) is 0 Å². The molecule has 0 heterocycles. The number of terminal acetylenes is 1. The molecule has 0 amide bonds. The Morgan fingerprint density at radius 3 is 2.71 bits per heavy atom. The molecular formula is C5H7NO. The highest BCUT2D eigenvalue weighted by molar-refractivity contribution is 5.21. The highest BCUT2D eigenvalue weighted by Crippen LogP contribution is 1.84. The predicted octanol–water partition coefficient (Wildman–Crippen LogP) is 0.640. The fourth-order valence-electron chi connectivity index (χ4n) is 0.142. The summed E-state index contributed by atoms with van der Waals surface area (Å²) < 4.78 is 0. The van der Waals surface area contributed by atoms with Crippen LogP contribution in [0.1, 0.15) is 6.92 Å². The predicted molar refractivity (Wildman–Crippen MR) is 28.9 cm³/mol. The maximum atomic E-state index is 4.90. The van der Waals surface area contributed by atoms with E-state index >= 15 is 0 Å². The maximum Gasteiger partial charge on any atom is 0.184 e. The Morgan fingerprint density at radius 2 is 2.57 bits per heavy atom. The van der Waals surface area contributed by atoms with Gasteiger partial charge in [0.05, 0.1) is 0 Å². The van der Waals surface area contributed by atoms with Crippen molar-refractivity contribution in [3.63, 3.8) is 0 Å². The first-order chi connectivity index (χ1) is 3.31. The topological polar surface area (TPSA) is 21.6 Å². The Labute approximate surface area is 43.2 Å². The third-order valence-electron chi connectivity index (χ3n) is 0.467. The van der Waals surface area contributed by atoms with Crippen LogP contribution >= 0.6 is 0 Å². The Morgan fingerprint density at radius 1 is 2.00 bits per heavy atom. The Balaban J connectivity index is 3.21. The molecule has 0 aromatic heterocycles. The Bertz CT molecular complexity index is 92.7. The molecule has 38 valence electrons. The van der Waals surface area contributed by atoms with E-state index in [2.05, 4.69) is 22.6 Å². The molecule has 0 saturated carbocycles. The van der Waals surface area contributed by atoms with Gasteiger partial charge in [-0.05, 0) is 6.92 Å². The zero-order valence-corrected chi connectivity index (χ0v) is 4.22. The SMILES string of the molecule is C#C[C@H](C)ON=C. The third-order valence-corrected chi connectivity index (χ3v) is 0.467. The van der Waals surface area contributed by atoms with Crippen molar-refractivity contribution in [2.24, 2.45) is 5.16 Å². The third kappa shape index (κ3) is 2.84. The highest BCUT2D eigenvalue weighted by Gasteiger charge is 1.88. The number of oxime groups is 1. The zero-order valence-electron chi connectivity index (χ0n) is 4.22. The second kappa shape index (κ2) is 3.23. The van der Waals surface area contributed by atoms with Crippen molar-refractivity contribution in [2.45, 2.75) is 13.0 Å². The summed E-state index contributed by atoms with van der Waals surface area (Å²) in [6.07, 6.45) is 4.64. The van der Waals surface area contributed by atoms with Crippen molar-refractivity contribution in [2.75, 3.05) is 0 Å². The number of hydrogen-bond acceptors (Lipinski definition) is 2. The minimum absolute atomic E-state index is 0.252. The molecule has 0 aliphatic carbocycles. The standard InChI is InChI=1S/C5H7NO/c1-4-5(2)7-6-3/h1,5H,3H2,2H3/t5-/m0/s1. The first kappa shape index (κ1) is 6.03. The van der Waals surface area contributed by atoms with Crippen molar-refractivity contribution >= 4 is 6.72 Å². The summed E-state index contributed by atoms with van der Waals surface area (Å²) in [4.78, 5) is 4.47.